The summed E-state index contributed by atoms with van der Waals surface area (Å²) in [5, 5.41) is 0. The van der Waals surface area contributed by atoms with Gasteiger partial charge in [-0.05, 0) is 6.42 Å². The Morgan fingerprint density at radius 2 is 0.460 bits per heavy atom. The fourth-order valence-electron chi connectivity index (χ4n) is 4.45. The van der Waals surface area contributed by atoms with Gasteiger partial charge in [0.05, 0.1) is 152 Å². The highest BCUT2D eigenvalue weighted by atomic mass is 16.6. The SMILES string of the molecule is C=CCOCCOCCOCCOCCOCCOCCOCCOCCOCCOCCOCCOCCCCCCCCCCCCC. The zero-order valence-corrected chi connectivity index (χ0v) is 31.9. The first-order valence-corrected chi connectivity index (χ1v) is 19.5. The second-order valence-corrected chi connectivity index (χ2v) is 11.6. The minimum Gasteiger partial charge on any atom is -0.379 e. The van der Waals surface area contributed by atoms with Crippen molar-refractivity contribution in [3.05, 3.63) is 12.7 Å². The Bertz CT molecular complexity index is 602. The van der Waals surface area contributed by atoms with Gasteiger partial charge in [0.2, 0.25) is 0 Å². The van der Waals surface area contributed by atoms with Crippen LogP contribution >= 0.6 is 0 Å². The Labute approximate surface area is 305 Å². The molecule has 0 unspecified atom stereocenters. The summed E-state index contributed by atoms with van der Waals surface area (Å²) in [5.41, 5.74) is 0. The molecule has 300 valence electrons. The van der Waals surface area contributed by atoms with Gasteiger partial charge in [-0.1, -0.05) is 77.2 Å². The smallest absolute Gasteiger partial charge is 0.0704 e. The normalized spacial score (nSPS) is 11.5. The van der Waals surface area contributed by atoms with Crippen LogP contribution in [-0.2, 0) is 56.8 Å². The lowest BCUT2D eigenvalue weighted by molar-refractivity contribution is -0.0282. The Balaban J connectivity index is 3.04. The molecule has 0 aromatic rings. The third kappa shape index (κ3) is 47.3. The fraction of sp³-hybridized carbons (Fsp3) is 0.947. The Morgan fingerprint density at radius 1 is 0.260 bits per heavy atom. The summed E-state index contributed by atoms with van der Waals surface area (Å²) in [6.07, 6.45) is 16.6. The molecule has 0 amide bonds. The zero-order chi connectivity index (χ0) is 35.9. The monoisotopic (exact) mass is 725 g/mol. The molecule has 12 heteroatoms. The topological polar surface area (TPSA) is 111 Å². The molecule has 0 radical (unpaired) electrons. The molecular formula is C38H76O12. The van der Waals surface area contributed by atoms with Crippen molar-refractivity contribution in [3.8, 4) is 0 Å². The largest absolute Gasteiger partial charge is 0.379 e. The van der Waals surface area contributed by atoms with Crippen LogP contribution in [0.25, 0.3) is 0 Å². The molecule has 0 aromatic heterocycles. The first-order chi connectivity index (χ1) is 24.9. The second kappa shape index (κ2) is 48.3. The van der Waals surface area contributed by atoms with Gasteiger partial charge >= 0.3 is 0 Å². The summed E-state index contributed by atoms with van der Waals surface area (Å²) in [6, 6.07) is 0. The molecule has 0 fully saturated rings. The van der Waals surface area contributed by atoms with Gasteiger partial charge in [-0.3, -0.25) is 0 Å². The van der Waals surface area contributed by atoms with Crippen molar-refractivity contribution in [3.63, 3.8) is 0 Å². The minimum atomic E-state index is 0.518. The average Bonchev–Trinajstić information content (AvgIpc) is 3.13. The lowest BCUT2D eigenvalue weighted by Crippen LogP contribution is -2.15. The van der Waals surface area contributed by atoms with Gasteiger partial charge < -0.3 is 56.8 Å². The van der Waals surface area contributed by atoms with Gasteiger partial charge in [0, 0.05) is 6.61 Å². The van der Waals surface area contributed by atoms with E-state index in [0.717, 1.165) is 13.0 Å². The van der Waals surface area contributed by atoms with E-state index < -0.39 is 0 Å². The van der Waals surface area contributed by atoms with Gasteiger partial charge in [-0.15, -0.1) is 6.58 Å². The predicted molar refractivity (Wildman–Crippen MR) is 196 cm³/mol. The van der Waals surface area contributed by atoms with Crippen LogP contribution in [0.4, 0.5) is 0 Å². The van der Waals surface area contributed by atoms with E-state index in [1.54, 1.807) is 6.08 Å². The van der Waals surface area contributed by atoms with E-state index in [-0.39, 0.29) is 0 Å². The molecule has 0 aliphatic carbocycles. The Kier molecular flexibility index (Phi) is 47.5. The van der Waals surface area contributed by atoms with E-state index >= 15 is 0 Å². The van der Waals surface area contributed by atoms with Crippen molar-refractivity contribution in [1.29, 1.82) is 0 Å². The fourth-order valence-corrected chi connectivity index (χ4v) is 4.45. The van der Waals surface area contributed by atoms with Crippen molar-refractivity contribution in [1.82, 2.24) is 0 Å². The summed E-state index contributed by atoms with van der Waals surface area (Å²) in [6.45, 7) is 19.2. The lowest BCUT2D eigenvalue weighted by atomic mass is 10.1. The Morgan fingerprint density at radius 3 is 0.700 bits per heavy atom. The highest BCUT2D eigenvalue weighted by molar-refractivity contribution is 4.63. The highest BCUT2D eigenvalue weighted by Gasteiger charge is 1.97. The molecule has 0 aliphatic heterocycles. The molecule has 0 heterocycles. The molecule has 0 bridgehead atoms. The van der Waals surface area contributed by atoms with Crippen molar-refractivity contribution < 1.29 is 56.8 Å². The predicted octanol–water partition coefficient (Wildman–Crippen LogP) is 5.68. The van der Waals surface area contributed by atoms with Crippen LogP contribution < -0.4 is 0 Å². The van der Waals surface area contributed by atoms with Gasteiger partial charge in [0.15, 0.2) is 0 Å². The number of hydrogen-bond acceptors (Lipinski definition) is 12. The van der Waals surface area contributed by atoms with Crippen molar-refractivity contribution in [2.75, 3.05) is 159 Å². The van der Waals surface area contributed by atoms with Crippen LogP contribution in [0.1, 0.15) is 77.6 Å². The second-order valence-electron chi connectivity index (χ2n) is 11.6. The van der Waals surface area contributed by atoms with Gasteiger partial charge in [0.25, 0.3) is 0 Å². The maximum absolute atomic E-state index is 5.66. The zero-order valence-electron chi connectivity index (χ0n) is 31.9. The van der Waals surface area contributed by atoms with Gasteiger partial charge in [0.1, 0.15) is 0 Å². The van der Waals surface area contributed by atoms with Crippen LogP contribution in [0.2, 0.25) is 0 Å². The number of hydrogen-bond donors (Lipinski definition) is 0. The van der Waals surface area contributed by atoms with Crippen molar-refractivity contribution in [2.45, 2.75) is 77.6 Å². The van der Waals surface area contributed by atoms with Crippen molar-refractivity contribution in [2.24, 2.45) is 0 Å². The molecule has 0 atom stereocenters. The molecule has 0 spiro atoms. The molecule has 0 rings (SSSR count). The third-order valence-corrected chi connectivity index (χ3v) is 7.22. The molecule has 0 saturated heterocycles. The summed E-state index contributed by atoms with van der Waals surface area (Å²) in [5.74, 6) is 0. The van der Waals surface area contributed by atoms with Crippen LogP contribution in [0.15, 0.2) is 12.7 Å². The molecule has 0 aliphatic rings. The lowest BCUT2D eigenvalue weighted by Gasteiger charge is -2.09. The van der Waals surface area contributed by atoms with Crippen LogP contribution in [0, 0.1) is 0 Å². The minimum absolute atomic E-state index is 0.518. The van der Waals surface area contributed by atoms with Crippen LogP contribution in [0.3, 0.4) is 0 Å². The first-order valence-electron chi connectivity index (χ1n) is 19.5. The molecule has 0 N–H and O–H groups in total. The van der Waals surface area contributed by atoms with Crippen molar-refractivity contribution >= 4 is 0 Å². The average molecular weight is 725 g/mol. The standard InChI is InChI=1S/C38H76O12/c1-3-5-6-7-8-9-10-11-12-13-14-16-40-18-20-42-22-24-44-26-28-46-30-32-48-34-36-50-38-37-49-35-33-47-31-29-45-27-25-43-23-21-41-19-17-39-15-4-2/h4H,2-3,5-38H2,1H3. The van der Waals surface area contributed by atoms with E-state index in [0.29, 0.717) is 152 Å². The maximum Gasteiger partial charge on any atom is 0.0704 e. The van der Waals surface area contributed by atoms with Gasteiger partial charge in [-0.25, -0.2) is 0 Å². The number of ether oxygens (including phenoxy) is 12. The summed E-state index contributed by atoms with van der Waals surface area (Å²) < 4.78 is 65.7. The van der Waals surface area contributed by atoms with E-state index in [1.807, 2.05) is 0 Å². The molecule has 12 nitrogen and oxygen atoms in total. The molecule has 50 heavy (non-hydrogen) atoms. The van der Waals surface area contributed by atoms with E-state index in [1.165, 1.54) is 64.2 Å². The van der Waals surface area contributed by atoms with E-state index in [4.69, 9.17) is 56.8 Å². The number of rotatable bonds is 47. The quantitative estimate of drug-likeness (QED) is 0.0569. The third-order valence-electron chi connectivity index (χ3n) is 7.22. The van der Waals surface area contributed by atoms with Crippen LogP contribution in [0.5, 0.6) is 0 Å². The molecular weight excluding hydrogens is 648 g/mol. The summed E-state index contributed by atoms with van der Waals surface area (Å²) in [7, 11) is 0. The van der Waals surface area contributed by atoms with Crippen LogP contribution in [-0.4, -0.2) is 159 Å². The first kappa shape index (κ1) is 49.3. The summed E-state index contributed by atoms with van der Waals surface area (Å²) in [4.78, 5) is 0. The Hall–Kier alpha value is -0.740. The molecule has 0 saturated carbocycles. The van der Waals surface area contributed by atoms with E-state index in [9.17, 15) is 0 Å². The number of unbranched alkanes of at least 4 members (excludes halogenated alkanes) is 10. The maximum atomic E-state index is 5.66. The van der Waals surface area contributed by atoms with Gasteiger partial charge in [-0.2, -0.15) is 0 Å². The molecule has 0 aromatic carbocycles. The van der Waals surface area contributed by atoms with E-state index in [2.05, 4.69) is 13.5 Å². The highest BCUT2D eigenvalue weighted by Crippen LogP contribution is 2.11. The summed E-state index contributed by atoms with van der Waals surface area (Å²) >= 11 is 0.